The van der Waals surface area contributed by atoms with Crippen molar-refractivity contribution in [2.45, 2.75) is 30.7 Å². The standard InChI is InChI=1S/C13H18Br2N2O2S/c1-8-5-11(15)13(6-10(8)14)20(18,19)17(2)12(7-16)9-3-4-9/h5-6,9,12H,3-4,7,16H2,1-2H3. The second-order valence-electron chi connectivity index (χ2n) is 5.19. The highest BCUT2D eigenvalue weighted by atomic mass is 79.9. The van der Waals surface area contributed by atoms with Crippen LogP contribution in [0.2, 0.25) is 0 Å². The Kier molecular flexibility index (Phi) is 4.96. The smallest absolute Gasteiger partial charge is 0.244 e. The Bertz CT molecular complexity index is 615. The summed E-state index contributed by atoms with van der Waals surface area (Å²) in [5.41, 5.74) is 6.74. The van der Waals surface area contributed by atoms with Crippen molar-refractivity contribution in [2.75, 3.05) is 13.6 Å². The molecule has 1 fully saturated rings. The third-order valence-electron chi connectivity index (χ3n) is 3.74. The van der Waals surface area contributed by atoms with Gasteiger partial charge in [0.25, 0.3) is 0 Å². The van der Waals surface area contributed by atoms with Crippen LogP contribution in [0.1, 0.15) is 18.4 Å². The number of nitrogens with two attached hydrogens (primary N) is 1. The van der Waals surface area contributed by atoms with Gasteiger partial charge in [-0.2, -0.15) is 4.31 Å². The molecule has 0 amide bonds. The lowest BCUT2D eigenvalue weighted by molar-refractivity contribution is 0.340. The Labute approximate surface area is 137 Å². The zero-order chi connectivity index (χ0) is 15.1. The molecule has 1 atom stereocenters. The molecule has 0 aromatic heterocycles. The number of sulfonamides is 1. The van der Waals surface area contributed by atoms with Crippen molar-refractivity contribution in [3.05, 3.63) is 26.6 Å². The molecule has 0 bridgehead atoms. The number of halogens is 2. The van der Waals surface area contributed by atoms with E-state index in [0.29, 0.717) is 16.9 Å². The lowest BCUT2D eigenvalue weighted by atomic mass is 10.2. The Morgan fingerprint density at radius 3 is 2.45 bits per heavy atom. The quantitative estimate of drug-likeness (QED) is 0.788. The van der Waals surface area contributed by atoms with E-state index in [1.54, 1.807) is 19.2 Å². The highest BCUT2D eigenvalue weighted by Crippen LogP contribution is 2.37. The fourth-order valence-corrected chi connectivity index (χ4v) is 5.34. The third-order valence-corrected chi connectivity index (χ3v) is 7.44. The van der Waals surface area contributed by atoms with Crippen LogP contribution in [0.15, 0.2) is 26.0 Å². The summed E-state index contributed by atoms with van der Waals surface area (Å²) in [5, 5.41) is 0. The van der Waals surface area contributed by atoms with Crippen molar-refractivity contribution in [3.8, 4) is 0 Å². The molecule has 4 nitrogen and oxygen atoms in total. The molecule has 1 unspecified atom stereocenters. The van der Waals surface area contributed by atoms with E-state index in [-0.39, 0.29) is 10.9 Å². The zero-order valence-electron chi connectivity index (χ0n) is 11.4. The maximum Gasteiger partial charge on any atom is 0.244 e. The second kappa shape index (κ2) is 6.04. The molecular formula is C13H18Br2N2O2S. The number of likely N-dealkylation sites (N-methyl/N-ethyl adjacent to an activating group) is 1. The molecule has 0 spiro atoms. The van der Waals surface area contributed by atoms with Gasteiger partial charge in [0.1, 0.15) is 0 Å². The van der Waals surface area contributed by atoms with Crippen LogP contribution in [0.5, 0.6) is 0 Å². The first-order valence-corrected chi connectivity index (χ1v) is 9.45. The van der Waals surface area contributed by atoms with Crippen molar-refractivity contribution in [1.82, 2.24) is 4.31 Å². The number of hydrogen-bond donors (Lipinski definition) is 1. The van der Waals surface area contributed by atoms with E-state index in [2.05, 4.69) is 31.9 Å². The lowest BCUT2D eigenvalue weighted by Crippen LogP contribution is -2.43. The predicted octanol–water partition coefficient (Wildman–Crippen LogP) is 2.88. The van der Waals surface area contributed by atoms with E-state index in [1.165, 1.54) is 4.31 Å². The van der Waals surface area contributed by atoms with E-state index < -0.39 is 10.0 Å². The fraction of sp³-hybridized carbons (Fsp3) is 0.538. The number of nitrogens with zero attached hydrogens (tertiary/aromatic N) is 1. The number of rotatable bonds is 5. The van der Waals surface area contributed by atoms with Crippen LogP contribution in [0, 0.1) is 12.8 Å². The summed E-state index contributed by atoms with van der Waals surface area (Å²) < 4.78 is 28.3. The lowest BCUT2D eigenvalue weighted by Gasteiger charge is -2.27. The first kappa shape index (κ1) is 16.4. The molecule has 0 saturated heterocycles. The number of aryl methyl sites for hydroxylation is 1. The van der Waals surface area contributed by atoms with Crippen LogP contribution < -0.4 is 5.73 Å². The molecule has 0 aliphatic heterocycles. The van der Waals surface area contributed by atoms with Gasteiger partial charge < -0.3 is 5.73 Å². The van der Waals surface area contributed by atoms with Gasteiger partial charge in [0.15, 0.2) is 0 Å². The summed E-state index contributed by atoms with van der Waals surface area (Å²) in [6.45, 7) is 2.27. The molecule has 1 aromatic carbocycles. The van der Waals surface area contributed by atoms with Crippen molar-refractivity contribution in [1.29, 1.82) is 0 Å². The van der Waals surface area contributed by atoms with Gasteiger partial charge in [-0.25, -0.2) is 8.42 Å². The van der Waals surface area contributed by atoms with Crippen LogP contribution >= 0.6 is 31.9 Å². The highest BCUT2D eigenvalue weighted by Gasteiger charge is 2.38. The summed E-state index contributed by atoms with van der Waals surface area (Å²) in [6.07, 6.45) is 2.11. The molecule has 112 valence electrons. The van der Waals surface area contributed by atoms with Crippen molar-refractivity contribution < 1.29 is 8.42 Å². The van der Waals surface area contributed by atoms with Gasteiger partial charge in [-0.1, -0.05) is 15.9 Å². The molecule has 7 heteroatoms. The minimum absolute atomic E-state index is 0.119. The Morgan fingerprint density at radius 1 is 1.35 bits per heavy atom. The van der Waals surface area contributed by atoms with Gasteiger partial charge in [-0.05, 0) is 59.3 Å². The maximum atomic E-state index is 12.8. The summed E-state index contributed by atoms with van der Waals surface area (Å²) in [7, 11) is -1.93. The number of benzene rings is 1. The number of hydrogen-bond acceptors (Lipinski definition) is 3. The van der Waals surface area contributed by atoms with Crippen LogP contribution in [0.25, 0.3) is 0 Å². The highest BCUT2D eigenvalue weighted by molar-refractivity contribution is 9.11. The van der Waals surface area contributed by atoms with Crippen molar-refractivity contribution in [3.63, 3.8) is 0 Å². The van der Waals surface area contributed by atoms with Crippen LogP contribution in [0.4, 0.5) is 0 Å². The van der Waals surface area contributed by atoms with Crippen molar-refractivity contribution >= 4 is 41.9 Å². The average molecular weight is 426 g/mol. The third kappa shape index (κ3) is 3.11. The average Bonchev–Trinajstić information content (AvgIpc) is 3.19. The Hall–Kier alpha value is 0.0500. The van der Waals surface area contributed by atoms with E-state index in [0.717, 1.165) is 22.9 Å². The van der Waals surface area contributed by atoms with E-state index in [4.69, 9.17) is 5.73 Å². The van der Waals surface area contributed by atoms with E-state index in [9.17, 15) is 8.42 Å². The largest absolute Gasteiger partial charge is 0.329 e. The first-order valence-electron chi connectivity index (χ1n) is 6.42. The molecule has 20 heavy (non-hydrogen) atoms. The second-order valence-corrected chi connectivity index (χ2v) is 8.87. The minimum atomic E-state index is -3.55. The molecule has 1 aliphatic carbocycles. The summed E-state index contributed by atoms with van der Waals surface area (Å²) in [6, 6.07) is 3.33. The van der Waals surface area contributed by atoms with Gasteiger partial charge in [0, 0.05) is 28.6 Å². The monoisotopic (exact) mass is 424 g/mol. The molecule has 1 aliphatic rings. The van der Waals surface area contributed by atoms with Gasteiger partial charge in [-0.15, -0.1) is 0 Å². The first-order chi connectivity index (χ1) is 9.28. The molecule has 2 N–H and O–H groups in total. The van der Waals surface area contributed by atoms with Gasteiger partial charge >= 0.3 is 0 Å². The van der Waals surface area contributed by atoms with Gasteiger partial charge in [-0.3, -0.25) is 0 Å². The maximum absolute atomic E-state index is 12.8. The zero-order valence-corrected chi connectivity index (χ0v) is 15.4. The predicted molar refractivity (Wildman–Crippen MR) is 87.1 cm³/mol. The summed E-state index contributed by atoms with van der Waals surface area (Å²) in [4.78, 5) is 0.275. The van der Waals surface area contributed by atoms with Crippen molar-refractivity contribution in [2.24, 2.45) is 11.7 Å². The van der Waals surface area contributed by atoms with E-state index >= 15 is 0 Å². The summed E-state index contributed by atoms with van der Waals surface area (Å²) in [5.74, 6) is 0.396. The van der Waals surface area contributed by atoms with E-state index in [1.807, 2.05) is 6.92 Å². The van der Waals surface area contributed by atoms with Gasteiger partial charge in [0.05, 0.1) is 4.90 Å². The topological polar surface area (TPSA) is 63.4 Å². The molecule has 1 saturated carbocycles. The fourth-order valence-electron chi connectivity index (χ4n) is 2.28. The van der Waals surface area contributed by atoms with Crippen LogP contribution in [0.3, 0.4) is 0 Å². The summed E-state index contributed by atoms with van der Waals surface area (Å²) >= 11 is 6.74. The van der Waals surface area contributed by atoms with Crippen LogP contribution in [-0.4, -0.2) is 32.4 Å². The molecule has 1 aromatic rings. The minimum Gasteiger partial charge on any atom is -0.329 e. The van der Waals surface area contributed by atoms with Crippen LogP contribution in [-0.2, 0) is 10.0 Å². The molecular weight excluding hydrogens is 408 g/mol. The molecule has 2 rings (SSSR count). The Morgan fingerprint density at radius 2 is 1.95 bits per heavy atom. The SMILES string of the molecule is Cc1cc(Br)c(S(=O)(=O)N(C)C(CN)C2CC2)cc1Br. The molecule has 0 radical (unpaired) electrons. The molecule has 0 heterocycles. The Balaban J connectivity index is 2.41. The normalized spacial score (nSPS) is 17.5. The van der Waals surface area contributed by atoms with Gasteiger partial charge in [0.2, 0.25) is 10.0 Å².